The topological polar surface area (TPSA) is 103 Å². The Balaban J connectivity index is 1.21. The van der Waals surface area contributed by atoms with Gasteiger partial charge in [-0.25, -0.2) is 4.68 Å². The van der Waals surface area contributed by atoms with Crippen LogP contribution in [0.3, 0.4) is 0 Å². The molecule has 1 unspecified atom stereocenters. The lowest BCUT2D eigenvalue weighted by Crippen LogP contribution is -2.49. The molecule has 0 saturated heterocycles. The largest absolute Gasteiger partial charge is 0.360 e. The molecule has 2 atom stereocenters. The molecule has 0 radical (unpaired) electrons. The molecule has 10 heteroatoms. The van der Waals surface area contributed by atoms with E-state index in [1.165, 1.54) is 10.2 Å². The normalized spacial score (nSPS) is 17.2. The lowest BCUT2D eigenvalue weighted by Gasteiger charge is -2.29. The van der Waals surface area contributed by atoms with Gasteiger partial charge in [0.05, 0.1) is 5.69 Å². The molecule has 2 amide bonds. The smallest absolute Gasteiger partial charge is 0.270 e. The average Bonchev–Trinajstić information content (AvgIpc) is 3.35. The molecule has 2 aliphatic rings. The molecule has 2 aromatic carbocycles. The SMILES string of the molecule is Cc1nn(COCC[Si](C)(C)C)c(C)c1-c1ccc(NC(=O)[C@@H](NC(=O)c2ccnn2C)C2c3ccccc3CC23CC3)cc1. The van der Waals surface area contributed by atoms with Gasteiger partial charge in [-0.15, -0.1) is 0 Å². The van der Waals surface area contributed by atoms with Gasteiger partial charge in [-0.1, -0.05) is 56.0 Å². The first-order chi connectivity index (χ1) is 21.5. The Bertz CT molecular complexity index is 1710. The van der Waals surface area contributed by atoms with Crippen molar-refractivity contribution in [2.45, 2.75) is 77.5 Å². The van der Waals surface area contributed by atoms with E-state index in [1.54, 1.807) is 19.3 Å². The van der Waals surface area contributed by atoms with Gasteiger partial charge < -0.3 is 15.4 Å². The van der Waals surface area contributed by atoms with E-state index < -0.39 is 14.1 Å². The van der Waals surface area contributed by atoms with Crippen LogP contribution in [0, 0.1) is 19.3 Å². The number of fused-ring (bicyclic) bond motifs is 1. The Hall–Kier alpha value is -4.02. The summed E-state index contributed by atoms with van der Waals surface area (Å²) in [5, 5.41) is 15.1. The summed E-state index contributed by atoms with van der Waals surface area (Å²) in [5.41, 5.74) is 7.60. The Morgan fingerprint density at radius 2 is 1.80 bits per heavy atom. The highest BCUT2D eigenvalue weighted by Gasteiger charge is 2.58. The summed E-state index contributed by atoms with van der Waals surface area (Å²) in [5.74, 6) is -0.630. The van der Waals surface area contributed by atoms with Crippen molar-refractivity contribution < 1.29 is 14.3 Å². The molecule has 236 valence electrons. The highest BCUT2D eigenvalue weighted by atomic mass is 28.3. The number of ether oxygens (including phenoxy) is 1. The summed E-state index contributed by atoms with van der Waals surface area (Å²) >= 11 is 0. The van der Waals surface area contributed by atoms with Crippen LogP contribution in [-0.4, -0.2) is 52.1 Å². The van der Waals surface area contributed by atoms with Crippen LogP contribution in [0.5, 0.6) is 0 Å². The van der Waals surface area contributed by atoms with E-state index in [1.807, 2.05) is 41.9 Å². The third-order valence-electron chi connectivity index (χ3n) is 9.47. The first-order valence-electron chi connectivity index (χ1n) is 15.9. The van der Waals surface area contributed by atoms with Gasteiger partial charge in [0, 0.05) is 50.8 Å². The lowest BCUT2D eigenvalue weighted by molar-refractivity contribution is -0.118. The van der Waals surface area contributed by atoms with Crippen molar-refractivity contribution in [3.63, 3.8) is 0 Å². The summed E-state index contributed by atoms with van der Waals surface area (Å²) in [7, 11) is 0.578. The van der Waals surface area contributed by atoms with Crippen LogP contribution in [0.25, 0.3) is 11.1 Å². The fourth-order valence-corrected chi connectivity index (χ4v) is 7.58. The summed E-state index contributed by atoms with van der Waals surface area (Å²) < 4.78 is 9.42. The zero-order chi connectivity index (χ0) is 31.9. The maximum atomic E-state index is 14.1. The fourth-order valence-electron chi connectivity index (χ4n) is 6.82. The van der Waals surface area contributed by atoms with E-state index in [2.05, 4.69) is 60.5 Å². The van der Waals surface area contributed by atoms with Crippen LogP contribution >= 0.6 is 0 Å². The van der Waals surface area contributed by atoms with Crippen molar-refractivity contribution in [2.75, 3.05) is 11.9 Å². The first-order valence-corrected chi connectivity index (χ1v) is 19.6. The van der Waals surface area contributed by atoms with Crippen molar-refractivity contribution in [1.82, 2.24) is 24.9 Å². The predicted molar refractivity (Wildman–Crippen MR) is 179 cm³/mol. The number of rotatable bonds is 11. The number of nitrogens with one attached hydrogen (secondary N) is 2. The number of aromatic nitrogens is 4. The van der Waals surface area contributed by atoms with Gasteiger partial charge in [0.1, 0.15) is 18.5 Å². The van der Waals surface area contributed by atoms with Gasteiger partial charge >= 0.3 is 0 Å². The number of amides is 2. The number of nitrogens with zero attached hydrogens (tertiary/aromatic N) is 4. The zero-order valence-corrected chi connectivity index (χ0v) is 28.2. The van der Waals surface area contributed by atoms with Crippen molar-refractivity contribution in [3.8, 4) is 11.1 Å². The molecule has 2 N–H and O–H groups in total. The number of carbonyl (C=O) groups is 2. The van der Waals surface area contributed by atoms with Gasteiger partial charge in [-0.2, -0.15) is 10.2 Å². The molecule has 0 aliphatic heterocycles. The van der Waals surface area contributed by atoms with Crippen molar-refractivity contribution in [1.29, 1.82) is 0 Å². The van der Waals surface area contributed by atoms with E-state index in [-0.39, 0.29) is 23.1 Å². The minimum atomic E-state index is -1.15. The lowest BCUT2D eigenvalue weighted by atomic mass is 9.82. The van der Waals surface area contributed by atoms with Crippen LogP contribution in [-0.2, 0) is 29.7 Å². The van der Waals surface area contributed by atoms with Gasteiger partial charge in [0.15, 0.2) is 0 Å². The molecule has 9 nitrogen and oxygen atoms in total. The summed E-state index contributed by atoms with van der Waals surface area (Å²) in [6, 6.07) is 18.3. The Labute approximate surface area is 266 Å². The highest BCUT2D eigenvalue weighted by Crippen LogP contribution is 2.64. The standard InChI is InChI=1S/C35H44N6O3Si/c1-23-30(24(2)41(39-23)22-44-19-20-45(4,5)6)25-11-13-27(14-12-25)37-34(43)32(38-33(42)29-15-18-36-40(29)3)31-28-10-8-7-9-26(28)21-35(31)16-17-35/h7-15,18,31-32H,16-17,19-22H2,1-6H3,(H,37,43)(H,38,42)/t31?,32-/m0/s1. The van der Waals surface area contributed by atoms with Gasteiger partial charge in [-0.3, -0.25) is 14.3 Å². The van der Waals surface area contributed by atoms with Crippen molar-refractivity contribution >= 4 is 25.6 Å². The van der Waals surface area contributed by atoms with Crippen LogP contribution in [0.1, 0.15) is 51.8 Å². The maximum Gasteiger partial charge on any atom is 0.270 e. The van der Waals surface area contributed by atoms with Crippen molar-refractivity contribution in [3.05, 3.63) is 89.0 Å². The van der Waals surface area contributed by atoms with E-state index >= 15 is 0 Å². The molecule has 2 aromatic heterocycles. The minimum absolute atomic E-state index is 0.00287. The molecular formula is C35H44N6O3Si. The number of benzene rings is 2. The first kappa shape index (κ1) is 31.0. The Kier molecular flexibility index (Phi) is 8.30. The third kappa shape index (κ3) is 6.39. The van der Waals surface area contributed by atoms with Gasteiger partial charge in [0.2, 0.25) is 5.91 Å². The second-order valence-electron chi connectivity index (χ2n) is 14.0. The molecule has 2 heterocycles. The molecule has 45 heavy (non-hydrogen) atoms. The van der Waals surface area contributed by atoms with Crippen molar-refractivity contribution in [2.24, 2.45) is 12.5 Å². The quantitative estimate of drug-likeness (QED) is 0.156. The van der Waals surface area contributed by atoms with Gasteiger partial charge in [0.25, 0.3) is 5.91 Å². The molecule has 4 aromatic rings. The van der Waals surface area contributed by atoms with E-state index in [0.717, 1.165) is 60.0 Å². The molecule has 1 fully saturated rings. The number of hydrogen-bond acceptors (Lipinski definition) is 5. The molecule has 6 rings (SSSR count). The average molecular weight is 625 g/mol. The summed E-state index contributed by atoms with van der Waals surface area (Å²) in [6.45, 7) is 12.3. The minimum Gasteiger partial charge on any atom is -0.360 e. The molecule has 1 spiro atoms. The number of anilines is 1. The second-order valence-corrected chi connectivity index (χ2v) is 19.6. The van der Waals surface area contributed by atoms with E-state index in [9.17, 15) is 9.59 Å². The molecule has 1 saturated carbocycles. The summed E-state index contributed by atoms with van der Waals surface area (Å²) in [4.78, 5) is 27.5. The maximum absolute atomic E-state index is 14.1. The van der Waals surface area contributed by atoms with Gasteiger partial charge in [-0.05, 0) is 79.5 Å². The van der Waals surface area contributed by atoms with Crippen LogP contribution in [0.2, 0.25) is 25.7 Å². The van der Waals surface area contributed by atoms with Crippen LogP contribution in [0.4, 0.5) is 5.69 Å². The van der Waals surface area contributed by atoms with E-state index in [4.69, 9.17) is 9.84 Å². The predicted octanol–water partition coefficient (Wildman–Crippen LogP) is 6.07. The van der Waals surface area contributed by atoms with Crippen LogP contribution < -0.4 is 10.6 Å². The highest BCUT2D eigenvalue weighted by molar-refractivity contribution is 6.76. The Morgan fingerprint density at radius 3 is 2.47 bits per heavy atom. The monoisotopic (exact) mass is 624 g/mol. The number of aryl methyl sites for hydroxylation is 2. The molecule has 0 bridgehead atoms. The fraction of sp³-hybridized carbons (Fsp3) is 0.429. The second kappa shape index (κ2) is 12.1. The van der Waals surface area contributed by atoms with E-state index in [0.29, 0.717) is 18.1 Å². The zero-order valence-electron chi connectivity index (χ0n) is 27.2. The Morgan fingerprint density at radius 1 is 1.07 bits per heavy atom. The molecule has 2 aliphatic carbocycles. The number of hydrogen-bond donors (Lipinski definition) is 2. The third-order valence-corrected chi connectivity index (χ3v) is 11.2. The summed E-state index contributed by atoms with van der Waals surface area (Å²) in [6.07, 6.45) is 4.61. The molecular weight excluding hydrogens is 581 g/mol. The number of carbonyl (C=O) groups excluding carboxylic acids is 2. The van der Waals surface area contributed by atoms with Crippen LogP contribution in [0.15, 0.2) is 60.8 Å².